The Balaban J connectivity index is 1.42. The molecule has 0 bridgehead atoms. The maximum absolute atomic E-state index is 10.9. The van der Waals surface area contributed by atoms with Crippen molar-refractivity contribution in [3.8, 4) is 11.3 Å². The molecular weight excluding hydrogens is 402 g/mol. The molecule has 7 nitrogen and oxygen atoms in total. The third-order valence-corrected chi connectivity index (χ3v) is 5.87. The van der Waals surface area contributed by atoms with Gasteiger partial charge in [0.2, 0.25) is 5.95 Å². The molecule has 4 aromatic rings. The zero-order valence-electron chi connectivity index (χ0n) is 17.8. The van der Waals surface area contributed by atoms with E-state index >= 15 is 0 Å². The second-order valence-corrected chi connectivity index (χ2v) is 8.01. The number of hydrogen-bond donors (Lipinski definition) is 0. The first-order chi connectivity index (χ1) is 15.6. The molecule has 1 saturated heterocycles. The molecular formula is C25H23N5O2. The summed E-state index contributed by atoms with van der Waals surface area (Å²) in [6.07, 6.45) is 0. The van der Waals surface area contributed by atoms with Crippen molar-refractivity contribution in [1.82, 2.24) is 9.97 Å². The molecule has 0 atom stereocenters. The van der Waals surface area contributed by atoms with Crippen LogP contribution in [0.3, 0.4) is 0 Å². The van der Waals surface area contributed by atoms with E-state index in [1.807, 2.05) is 30.3 Å². The van der Waals surface area contributed by atoms with Gasteiger partial charge in [0.15, 0.2) is 0 Å². The van der Waals surface area contributed by atoms with Gasteiger partial charge in [0.25, 0.3) is 5.69 Å². The molecule has 160 valence electrons. The van der Waals surface area contributed by atoms with E-state index in [0.29, 0.717) is 0 Å². The highest BCUT2D eigenvalue weighted by Crippen LogP contribution is 2.30. The number of hydrogen-bond acceptors (Lipinski definition) is 6. The zero-order chi connectivity index (χ0) is 22.1. The van der Waals surface area contributed by atoms with E-state index in [1.165, 1.54) is 5.56 Å². The van der Waals surface area contributed by atoms with Gasteiger partial charge in [-0.15, -0.1) is 0 Å². The Morgan fingerprint density at radius 2 is 1.53 bits per heavy atom. The standard InChI is InChI=1S/C25H23N5O2/c1-18-7-12-23-22(17-18)24(19-5-3-2-4-6-19)27-25(26-23)29-15-13-28(14-16-29)20-8-10-21(11-9-20)30(31)32/h2-12,17H,13-16H2,1H3. The van der Waals surface area contributed by atoms with Crippen molar-refractivity contribution >= 4 is 28.2 Å². The predicted octanol–water partition coefficient (Wildman–Crippen LogP) is 4.84. The van der Waals surface area contributed by atoms with Crippen LogP contribution < -0.4 is 9.80 Å². The molecule has 0 aliphatic carbocycles. The number of rotatable bonds is 4. The normalized spacial score (nSPS) is 14.0. The average Bonchev–Trinajstić information content (AvgIpc) is 2.84. The van der Waals surface area contributed by atoms with Gasteiger partial charge in [-0.25, -0.2) is 9.97 Å². The molecule has 1 aliphatic rings. The third kappa shape index (κ3) is 3.85. The lowest BCUT2D eigenvalue weighted by Crippen LogP contribution is -2.47. The number of piperazine rings is 1. The minimum Gasteiger partial charge on any atom is -0.368 e. The lowest BCUT2D eigenvalue weighted by atomic mass is 10.0. The highest BCUT2D eigenvalue weighted by atomic mass is 16.6. The van der Waals surface area contributed by atoms with E-state index in [-0.39, 0.29) is 10.6 Å². The first kappa shape index (κ1) is 19.9. The van der Waals surface area contributed by atoms with E-state index < -0.39 is 0 Å². The summed E-state index contributed by atoms with van der Waals surface area (Å²) >= 11 is 0. The summed E-state index contributed by atoms with van der Waals surface area (Å²) in [5.74, 6) is 0.739. The lowest BCUT2D eigenvalue weighted by molar-refractivity contribution is -0.384. The Bertz CT molecular complexity index is 1270. The highest BCUT2D eigenvalue weighted by Gasteiger charge is 2.21. The van der Waals surface area contributed by atoms with Crippen molar-refractivity contribution in [1.29, 1.82) is 0 Å². The fourth-order valence-electron chi connectivity index (χ4n) is 4.14. The first-order valence-electron chi connectivity index (χ1n) is 10.7. The van der Waals surface area contributed by atoms with Crippen LogP contribution in [0.4, 0.5) is 17.3 Å². The lowest BCUT2D eigenvalue weighted by Gasteiger charge is -2.36. The second kappa shape index (κ2) is 8.26. The largest absolute Gasteiger partial charge is 0.368 e. The molecule has 0 radical (unpaired) electrons. The van der Waals surface area contributed by atoms with Gasteiger partial charge in [-0.05, 0) is 31.2 Å². The molecule has 0 unspecified atom stereocenters. The molecule has 1 fully saturated rings. The van der Waals surface area contributed by atoms with Crippen molar-refractivity contribution < 1.29 is 4.92 Å². The molecule has 3 aromatic carbocycles. The summed E-state index contributed by atoms with van der Waals surface area (Å²) in [5.41, 5.74) is 5.26. The van der Waals surface area contributed by atoms with Crippen LogP contribution in [0.2, 0.25) is 0 Å². The van der Waals surface area contributed by atoms with Gasteiger partial charge in [0, 0.05) is 54.9 Å². The van der Waals surface area contributed by atoms with Gasteiger partial charge in [-0.2, -0.15) is 0 Å². The van der Waals surface area contributed by atoms with E-state index in [2.05, 4.69) is 47.1 Å². The van der Waals surface area contributed by atoms with Crippen LogP contribution in [0.15, 0.2) is 72.8 Å². The van der Waals surface area contributed by atoms with E-state index in [4.69, 9.17) is 9.97 Å². The number of anilines is 2. The quantitative estimate of drug-likeness (QED) is 0.344. The number of aromatic nitrogens is 2. The van der Waals surface area contributed by atoms with Gasteiger partial charge in [0.05, 0.1) is 16.1 Å². The number of aryl methyl sites for hydroxylation is 1. The smallest absolute Gasteiger partial charge is 0.269 e. The predicted molar refractivity (Wildman–Crippen MR) is 127 cm³/mol. The Labute approximate surface area is 186 Å². The first-order valence-corrected chi connectivity index (χ1v) is 10.7. The van der Waals surface area contributed by atoms with Gasteiger partial charge in [-0.3, -0.25) is 10.1 Å². The van der Waals surface area contributed by atoms with Crippen LogP contribution in [0.5, 0.6) is 0 Å². The number of nitrogens with zero attached hydrogens (tertiary/aromatic N) is 5. The highest BCUT2D eigenvalue weighted by molar-refractivity contribution is 5.93. The number of fused-ring (bicyclic) bond motifs is 1. The molecule has 1 aliphatic heterocycles. The fourth-order valence-corrected chi connectivity index (χ4v) is 4.14. The molecule has 7 heteroatoms. The maximum Gasteiger partial charge on any atom is 0.269 e. The van der Waals surface area contributed by atoms with Crippen LogP contribution in [0.25, 0.3) is 22.2 Å². The van der Waals surface area contributed by atoms with E-state index in [9.17, 15) is 10.1 Å². The van der Waals surface area contributed by atoms with Gasteiger partial charge < -0.3 is 9.80 Å². The molecule has 0 spiro atoms. The molecule has 0 amide bonds. The van der Waals surface area contributed by atoms with E-state index in [1.54, 1.807) is 12.1 Å². The summed E-state index contributed by atoms with van der Waals surface area (Å²) < 4.78 is 0. The summed E-state index contributed by atoms with van der Waals surface area (Å²) in [4.78, 5) is 24.8. The maximum atomic E-state index is 10.9. The van der Waals surface area contributed by atoms with Crippen molar-refractivity contribution in [2.45, 2.75) is 6.92 Å². The van der Waals surface area contributed by atoms with Crippen LogP contribution >= 0.6 is 0 Å². The van der Waals surface area contributed by atoms with Crippen LogP contribution in [0, 0.1) is 17.0 Å². The minimum atomic E-state index is -0.370. The van der Waals surface area contributed by atoms with Crippen molar-refractivity contribution in [2.24, 2.45) is 0 Å². The van der Waals surface area contributed by atoms with Crippen molar-refractivity contribution in [3.05, 3.63) is 88.5 Å². The number of nitro groups is 1. The van der Waals surface area contributed by atoms with Crippen molar-refractivity contribution in [3.63, 3.8) is 0 Å². The van der Waals surface area contributed by atoms with Gasteiger partial charge in [-0.1, -0.05) is 42.0 Å². The molecule has 0 N–H and O–H groups in total. The SMILES string of the molecule is Cc1ccc2nc(N3CCN(c4ccc([N+](=O)[O-])cc4)CC3)nc(-c3ccccc3)c2c1. The molecule has 0 saturated carbocycles. The fraction of sp³-hybridized carbons (Fsp3) is 0.200. The summed E-state index contributed by atoms with van der Waals surface area (Å²) in [5, 5.41) is 12.0. The molecule has 32 heavy (non-hydrogen) atoms. The molecule has 5 rings (SSSR count). The number of non-ortho nitro benzene ring substituents is 1. The molecule has 2 heterocycles. The van der Waals surface area contributed by atoms with Crippen LogP contribution in [0.1, 0.15) is 5.56 Å². The molecule has 1 aromatic heterocycles. The Morgan fingerprint density at radius 3 is 2.22 bits per heavy atom. The van der Waals surface area contributed by atoms with Gasteiger partial charge in [0.1, 0.15) is 0 Å². The third-order valence-electron chi connectivity index (χ3n) is 5.87. The number of benzene rings is 3. The summed E-state index contributed by atoms with van der Waals surface area (Å²) in [6, 6.07) is 23.3. The van der Waals surface area contributed by atoms with E-state index in [0.717, 1.165) is 60.0 Å². The van der Waals surface area contributed by atoms with Crippen LogP contribution in [-0.2, 0) is 0 Å². The number of nitro benzene ring substituents is 1. The van der Waals surface area contributed by atoms with Crippen LogP contribution in [-0.4, -0.2) is 41.1 Å². The van der Waals surface area contributed by atoms with Gasteiger partial charge >= 0.3 is 0 Å². The summed E-state index contributed by atoms with van der Waals surface area (Å²) in [6.45, 7) is 5.24. The Kier molecular flexibility index (Phi) is 5.15. The zero-order valence-corrected chi connectivity index (χ0v) is 17.8. The Hall–Kier alpha value is -4.00. The second-order valence-electron chi connectivity index (χ2n) is 8.01. The monoisotopic (exact) mass is 425 g/mol. The Morgan fingerprint density at radius 1 is 0.844 bits per heavy atom. The summed E-state index contributed by atoms with van der Waals surface area (Å²) in [7, 11) is 0. The minimum absolute atomic E-state index is 0.112. The van der Waals surface area contributed by atoms with Crippen molar-refractivity contribution in [2.75, 3.05) is 36.0 Å². The topological polar surface area (TPSA) is 75.4 Å². The average molecular weight is 425 g/mol.